The fraction of sp³-hybridized carbons (Fsp3) is 0.370. The van der Waals surface area contributed by atoms with Crippen molar-refractivity contribution in [2.75, 3.05) is 20.1 Å². The molecular formula is C27H35N3OS2. The Morgan fingerprint density at radius 1 is 1.03 bits per heavy atom. The van der Waals surface area contributed by atoms with Crippen molar-refractivity contribution in [3.05, 3.63) is 85.2 Å². The zero-order chi connectivity index (χ0) is 23.8. The summed E-state index contributed by atoms with van der Waals surface area (Å²) in [6, 6.07) is 12.4. The number of thiophene rings is 2. The number of likely N-dealkylation sites (N-methyl/N-ethyl adjacent to an activating group) is 1. The van der Waals surface area contributed by atoms with Crippen LogP contribution in [0.1, 0.15) is 44.8 Å². The molecule has 3 rings (SSSR count). The summed E-state index contributed by atoms with van der Waals surface area (Å²) in [6.07, 6.45) is 3.84. The molecule has 0 aliphatic heterocycles. The van der Waals surface area contributed by atoms with E-state index in [9.17, 15) is 4.79 Å². The van der Waals surface area contributed by atoms with Crippen molar-refractivity contribution in [3.63, 3.8) is 0 Å². The van der Waals surface area contributed by atoms with Gasteiger partial charge in [0.1, 0.15) is 0 Å². The van der Waals surface area contributed by atoms with E-state index in [-0.39, 0.29) is 11.9 Å². The van der Waals surface area contributed by atoms with E-state index in [0.29, 0.717) is 19.5 Å². The second-order valence-electron chi connectivity index (χ2n) is 8.55. The molecule has 0 fully saturated rings. The number of benzene rings is 1. The predicted molar refractivity (Wildman–Crippen MR) is 143 cm³/mol. The summed E-state index contributed by atoms with van der Waals surface area (Å²) in [7, 11) is 2.02. The van der Waals surface area contributed by atoms with Crippen molar-refractivity contribution >= 4 is 34.2 Å². The van der Waals surface area contributed by atoms with E-state index in [1.165, 1.54) is 32.0 Å². The van der Waals surface area contributed by atoms with Crippen molar-refractivity contribution in [2.45, 2.75) is 46.2 Å². The fourth-order valence-electron chi connectivity index (χ4n) is 3.88. The van der Waals surface area contributed by atoms with E-state index in [0.717, 1.165) is 18.5 Å². The average Bonchev–Trinajstić information content (AvgIpc) is 3.42. The van der Waals surface area contributed by atoms with Crippen molar-refractivity contribution in [1.29, 1.82) is 0 Å². The van der Waals surface area contributed by atoms with Crippen molar-refractivity contribution < 1.29 is 4.79 Å². The first-order valence-corrected chi connectivity index (χ1v) is 13.2. The second-order valence-corrected chi connectivity index (χ2v) is 10.4. The lowest BCUT2D eigenvalue weighted by Gasteiger charge is -2.26. The van der Waals surface area contributed by atoms with Gasteiger partial charge in [-0.3, -0.25) is 9.69 Å². The second kappa shape index (κ2) is 12.3. The van der Waals surface area contributed by atoms with Crippen LogP contribution in [0.25, 0.3) is 5.57 Å². The summed E-state index contributed by atoms with van der Waals surface area (Å²) in [5.74, 6) is 0.0379. The lowest BCUT2D eigenvalue weighted by atomic mass is 10.0. The van der Waals surface area contributed by atoms with Gasteiger partial charge in [-0.1, -0.05) is 35.9 Å². The largest absolute Gasteiger partial charge is 0.351 e. The Bertz CT molecular complexity index is 1020. The van der Waals surface area contributed by atoms with Crippen LogP contribution >= 0.6 is 22.7 Å². The van der Waals surface area contributed by atoms with Crippen LogP contribution in [0.15, 0.2) is 53.2 Å². The molecule has 1 aromatic carbocycles. The number of hydrogen-bond donors (Lipinski definition) is 2. The molecule has 1 atom stereocenters. The number of rotatable bonds is 11. The fourth-order valence-corrected chi connectivity index (χ4v) is 5.89. The minimum absolute atomic E-state index is 0.0379. The van der Waals surface area contributed by atoms with Gasteiger partial charge in [0.05, 0.1) is 6.04 Å². The highest BCUT2D eigenvalue weighted by Gasteiger charge is 2.22. The number of aryl methyl sites for hydroxylation is 3. The van der Waals surface area contributed by atoms with Gasteiger partial charge < -0.3 is 11.1 Å². The van der Waals surface area contributed by atoms with Crippen molar-refractivity contribution in [3.8, 4) is 0 Å². The van der Waals surface area contributed by atoms with Crippen LogP contribution in [-0.2, 0) is 11.3 Å². The van der Waals surface area contributed by atoms with Crippen LogP contribution < -0.4 is 11.1 Å². The topological polar surface area (TPSA) is 58.4 Å². The molecule has 3 N–H and O–H groups in total. The standard InChI is InChI=1S/C27H35N3OS2/c1-19-7-9-22(10-8-19)18-29-27(31)24(11-14-28)30(4)15-5-6-23(25-20(2)12-16-32-25)26-21(3)13-17-33-26/h6-10,12-13,16-17,24H,5,11,14-15,18,28H2,1-4H3,(H,29,31). The summed E-state index contributed by atoms with van der Waals surface area (Å²) in [4.78, 5) is 17.7. The van der Waals surface area contributed by atoms with Crippen LogP contribution in [0.2, 0.25) is 0 Å². The third-order valence-corrected chi connectivity index (χ3v) is 8.01. The first-order valence-electron chi connectivity index (χ1n) is 11.4. The molecule has 6 heteroatoms. The Morgan fingerprint density at radius 2 is 1.64 bits per heavy atom. The maximum Gasteiger partial charge on any atom is 0.237 e. The van der Waals surface area contributed by atoms with Gasteiger partial charge in [0.25, 0.3) is 0 Å². The molecular weight excluding hydrogens is 446 g/mol. The first kappa shape index (κ1) is 25.4. The molecule has 0 bridgehead atoms. The zero-order valence-corrected chi connectivity index (χ0v) is 21.7. The Morgan fingerprint density at radius 3 is 2.15 bits per heavy atom. The zero-order valence-electron chi connectivity index (χ0n) is 20.1. The van der Waals surface area contributed by atoms with E-state index >= 15 is 0 Å². The van der Waals surface area contributed by atoms with E-state index in [2.05, 4.69) is 84.2 Å². The normalized spacial score (nSPS) is 12.1. The van der Waals surface area contributed by atoms with Gasteiger partial charge in [0, 0.05) is 28.4 Å². The highest BCUT2D eigenvalue weighted by molar-refractivity contribution is 7.14. The highest BCUT2D eigenvalue weighted by Crippen LogP contribution is 2.35. The molecule has 1 amide bonds. The smallest absolute Gasteiger partial charge is 0.237 e. The Balaban J connectivity index is 1.66. The number of amides is 1. The van der Waals surface area contributed by atoms with E-state index in [1.54, 1.807) is 22.7 Å². The summed E-state index contributed by atoms with van der Waals surface area (Å²) >= 11 is 3.58. The minimum Gasteiger partial charge on any atom is -0.351 e. The third-order valence-electron chi connectivity index (χ3n) is 5.91. The molecule has 2 heterocycles. The molecule has 0 aliphatic carbocycles. The maximum absolute atomic E-state index is 13.0. The van der Waals surface area contributed by atoms with E-state index < -0.39 is 0 Å². The lowest BCUT2D eigenvalue weighted by molar-refractivity contribution is -0.126. The molecule has 4 nitrogen and oxygen atoms in total. The molecule has 0 spiro atoms. The quantitative estimate of drug-likeness (QED) is 0.379. The predicted octanol–water partition coefficient (Wildman–Crippen LogP) is 5.52. The monoisotopic (exact) mass is 481 g/mol. The summed E-state index contributed by atoms with van der Waals surface area (Å²) in [5, 5.41) is 7.41. The molecule has 0 aliphatic rings. The molecule has 0 saturated carbocycles. The molecule has 0 radical (unpaired) electrons. The molecule has 2 aromatic heterocycles. The van der Waals surface area contributed by atoms with Gasteiger partial charge in [-0.2, -0.15) is 0 Å². The van der Waals surface area contributed by atoms with Crippen LogP contribution in [0, 0.1) is 20.8 Å². The van der Waals surface area contributed by atoms with Crippen molar-refractivity contribution in [1.82, 2.24) is 10.2 Å². The third kappa shape index (κ3) is 6.87. The van der Waals surface area contributed by atoms with Gasteiger partial charge in [-0.05, 0) is 86.8 Å². The Hall–Kier alpha value is -2.25. The van der Waals surface area contributed by atoms with Crippen molar-refractivity contribution in [2.24, 2.45) is 5.73 Å². The van der Waals surface area contributed by atoms with Gasteiger partial charge >= 0.3 is 0 Å². The van der Waals surface area contributed by atoms with E-state index in [4.69, 9.17) is 5.73 Å². The number of nitrogens with zero attached hydrogens (tertiary/aromatic N) is 1. The Labute approximate surface area is 206 Å². The van der Waals surface area contributed by atoms with Crippen LogP contribution in [-0.4, -0.2) is 37.0 Å². The molecule has 33 heavy (non-hydrogen) atoms. The summed E-state index contributed by atoms with van der Waals surface area (Å²) in [6.45, 7) is 8.22. The number of carbonyl (C=O) groups is 1. The van der Waals surface area contributed by atoms with Crippen LogP contribution in [0.4, 0.5) is 0 Å². The average molecular weight is 482 g/mol. The number of carbonyl (C=O) groups excluding carboxylic acids is 1. The SMILES string of the molecule is Cc1ccc(CNC(=O)C(CCN)N(C)CCC=C(c2sccc2C)c2sccc2C)cc1. The van der Waals surface area contributed by atoms with Gasteiger partial charge in [-0.25, -0.2) is 0 Å². The summed E-state index contributed by atoms with van der Waals surface area (Å²) < 4.78 is 0. The molecule has 3 aromatic rings. The van der Waals surface area contributed by atoms with E-state index in [1.807, 2.05) is 7.05 Å². The van der Waals surface area contributed by atoms with Crippen LogP contribution in [0.3, 0.4) is 0 Å². The van der Waals surface area contributed by atoms with Gasteiger partial charge in [-0.15, -0.1) is 22.7 Å². The highest BCUT2D eigenvalue weighted by atomic mass is 32.1. The lowest BCUT2D eigenvalue weighted by Crippen LogP contribution is -2.46. The molecule has 1 unspecified atom stereocenters. The van der Waals surface area contributed by atoms with Gasteiger partial charge in [0.15, 0.2) is 0 Å². The first-order chi connectivity index (χ1) is 15.9. The summed E-state index contributed by atoms with van der Waals surface area (Å²) in [5.41, 5.74) is 12.1. The molecule has 176 valence electrons. The number of nitrogens with one attached hydrogen (secondary N) is 1. The minimum atomic E-state index is -0.232. The number of hydrogen-bond acceptors (Lipinski definition) is 5. The Kier molecular flexibility index (Phi) is 9.44. The molecule has 0 saturated heterocycles. The number of nitrogens with two attached hydrogens (primary N) is 1. The van der Waals surface area contributed by atoms with Gasteiger partial charge in [0.2, 0.25) is 5.91 Å². The maximum atomic E-state index is 13.0. The van der Waals surface area contributed by atoms with Crippen LogP contribution in [0.5, 0.6) is 0 Å².